The summed E-state index contributed by atoms with van der Waals surface area (Å²) in [4.78, 5) is 54.0. The van der Waals surface area contributed by atoms with E-state index in [1.807, 2.05) is 4.90 Å². The summed E-state index contributed by atoms with van der Waals surface area (Å²) >= 11 is 0. The van der Waals surface area contributed by atoms with Gasteiger partial charge >= 0.3 is 23.9 Å². The highest BCUT2D eigenvalue weighted by atomic mass is 16.8. The van der Waals surface area contributed by atoms with Crippen LogP contribution in [0.1, 0.15) is 40.0 Å². The predicted octanol–water partition coefficient (Wildman–Crippen LogP) is -7.71. The van der Waals surface area contributed by atoms with E-state index in [-0.39, 0.29) is 18.7 Å². The van der Waals surface area contributed by atoms with Crippen molar-refractivity contribution in [2.45, 2.75) is 187 Å². The summed E-state index contributed by atoms with van der Waals surface area (Å²) in [6, 6.07) is -2.39. The van der Waals surface area contributed by atoms with Crippen LogP contribution in [0.2, 0.25) is 0 Å². The molecule has 5 aliphatic rings. The maximum absolute atomic E-state index is 12.9. The number of hydrogen-bond donors (Lipinski definition) is 13. The monoisotopic (exact) mass is 1060 g/mol. The highest BCUT2D eigenvalue weighted by molar-refractivity contribution is 5.76. The number of carboxylic acid groups (broad SMARTS) is 1. The zero-order valence-corrected chi connectivity index (χ0v) is 40.0. The van der Waals surface area contributed by atoms with Crippen molar-refractivity contribution in [3.8, 4) is 0 Å². The highest BCUT2D eigenvalue weighted by Crippen LogP contribution is 2.40. The molecule has 5 fully saturated rings. The number of aliphatic hydroxyl groups excluding tert-OH is 11. The van der Waals surface area contributed by atoms with Gasteiger partial charge in [0.2, 0.25) is 0 Å². The van der Waals surface area contributed by atoms with Crippen molar-refractivity contribution in [3.63, 3.8) is 0 Å². The van der Waals surface area contributed by atoms with Crippen LogP contribution in [0.3, 0.4) is 0 Å². The minimum atomic E-state index is -2.67. The molecule has 24 atom stereocenters. The van der Waals surface area contributed by atoms with Gasteiger partial charge in [0.25, 0.3) is 5.79 Å². The Hall–Kier alpha value is -3.65. The standard InChI is InChI=1S/C41H67N5O27/c1-14(50)63-13-23-33(65-15(2)51)34(66-16(3)52)24(44-45-43)37(67-23)72-36-26(58)25(57)29(20(54)9-47)69-39(36)71-35-27(59)30(21(55)10-48)68-38(28(35)60)70-31-19(53)7-41(40(61)62,73-32(31)22(56)11-49)64-12-18-6-5-17(42)8-46(18)4/h17-39,47-49,53-60H,5-13,42H2,1-4H3,(H,61,62)/t17?,18?,19-,20+,21+,22-,23?,24-,25+,26?,27-,28?,29+,30?,31-,32?,33-,34?,35+,36?,37-,38-,39-,41-/m1/s1. The molecular weight excluding hydrogens is 994 g/mol. The molecule has 0 spiro atoms. The lowest BCUT2D eigenvalue weighted by molar-refractivity contribution is -0.398. The number of likely N-dealkylation sites (N-methyl/N-ethyl adjacent to an activating group) is 1. The average molecular weight is 1060 g/mol. The van der Waals surface area contributed by atoms with Crippen LogP contribution in [0.25, 0.3) is 10.4 Å². The SMILES string of the molecule is CC(=O)OCC1O[C@H](OC2C(O)[C@H](O)[C@H]([C@@H](O)CO)O[C@@H]2O[C@@H]2C(O)[C@@H](O[C@H]3C([C@H](O)CO)O[C@@](OCC4CCC(N)CN4C)(C(=O)O)C[C@H]3O)OC([C@@H](O)CO)[C@H]2O)[C@H](N=[N+]=[N-])C(OC(C)=O)[C@@H]1OC(C)=O. The lowest BCUT2D eigenvalue weighted by atomic mass is 9.91. The van der Waals surface area contributed by atoms with E-state index in [2.05, 4.69) is 10.0 Å². The Morgan fingerprint density at radius 1 is 0.712 bits per heavy atom. The first-order valence-corrected chi connectivity index (χ1v) is 23.1. The number of nitrogens with zero attached hydrogens (tertiary/aromatic N) is 4. The van der Waals surface area contributed by atoms with Gasteiger partial charge in [0.05, 0.1) is 32.5 Å². The molecule has 418 valence electrons. The van der Waals surface area contributed by atoms with Gasteiger partial charge in [-0.1, -0.05) is 5.11 Å². The molecule has 0 saturated carbocycles. The van der Waals surface area contributed by atoms with Crippen molar-refractivity contribution in [3.05, 3.63) is 10.4 Å². The lowest BCUT2D eigenvalue weighted by Crippen LogP contribution is -2.69. The van der Waals surface area contributed by atoms with Crippen LogP contribution in [0.15, 0.2) is 5.11 Å². The van der Waals surface area contributed by atoms with Crippen LogP contribution in [0.5, 0.6) is 0 Å². The minimum Gasteiger partial charge on any atom is -0.477 e. The Bertz CT molecular complexity index is 1890. The van der Waals surface area contributed by atoms with Crippen LogP contribution in [0, 0.1) is 0 Å². The number of likely N-dealkylation sites (tertiary alicyclic amines) is 1. The molecule has 0 amide bonds. The van der Waals surface area contributed by atoms with E-state index in [1.54, 1.807) is 7.05 Å². The molecule has 0 radical (unpaired) electrons. The fourth-order valence-electron chi connectivity index (χ4n) is 9.22. The van der Waals surface area contributed by atoms with Gasteiger partial charge in [-0.25, -0.2) is 4.79 Å². The van der Waals surface area contributed by atoms with E-state index < -0.39 is 191 Å². The summed E-state index contributed by atoms with van der Waals surface area (Å²) in [6.07, 6.45) is -41.4. The highest BCUT2D eigenvalue weighted by Gasteiger charge is 2.60. The van der Waals surface area contributed by atoms with Crippen LogP contribution in [-0.4, -0.2) is 283 Å². The number of carbonyl (C=O) groups excluding carboxylic acids is 3. The number of esters is 3. The summed E-state index contributed by atoms with van der Waals surface area (Å²) in [7, 11) is 1.74. The molecule has 73 heavy (non-hydrogen) atoms. The minimum absolute atomic E-state index is 0.151. The fraction of sp³-hybridized carbons (Fsp3) is 0.902. The predicted molar refractivity (Wildman–Crippen MR) is 230 cm³/mol. The van der Waals surface area contributed by atoms with Gasteiger partial charge in [0.1, 0.15) is 98.1 Å². The molecule has 5 rings (SSSR count). The molecule has 0 aliphatic carbocycles. The zero-order chi connectivity index (χ0) is 54.2. The Kier molecular flexibility index (Phi) is 21.8. The zero-order valence-electron chi connectivity index (χ0n) is 40.0. The number of azide groups is 1. The maximum atomic E-state index is 12.9. The number of nitrogens with two attached hydrogens (primary N) is 1. The summed E-state index contributed by atoms with van der Waals surface area (Å²) in [5.41, 5.74) is 15.7. The summed E-state index contributed by atoms with van der Waals surface area (Å²) in [6.45, 7) is -1.04. The molecule has 5 aliphatic heterocycles. The number of carboxylic acids is 1. The van der Waals surface area contributed by atoms with E-state index in [0.29, 0.717) is 19.4 Å². The summed E-state index contributed by atoms with van der Waals surface area (Å²) < 4.78 is 62.8. The molecule has 32 nitrogen and oxygen atoms in total. The average Bonchev–Trinajstić information content (AvgIpc) is 3.33. The van der Waals surface area contributed by atoms with Crippen molar-refractivity contribution in [1.82, 2.24) is 4.90 Å². The van der Waals surface area contributed by atoms with Crippen molar-refractivity contribution in [2.75, 3.05) is 46.6 Å². The second-order valence-corrected chi connectivity index (χ2v) is 18.3. The summed E-state index contributed by atoms with van der Waals surface area (Å²) in [5, 5.41) is 134. The van der Waals surface area contributed by atoms with E-state index in [9.17, 15) is 86.0 Å². The number of rotatable bonds is 21. The summed E-state index contributed by atoms with van der Waals surface area (Å²) in [5.74, 6) is -7.29. The molecule has 0 aromatic carbocycles. The molecule has 9 unspecified atom stereocenters. The number of aliphatic carboxylic acids is 1. The maximum Gasteiger partial charge on any atom is 0.364 e. The molecular formula is C41H67N5O27. The van der Waals surface area contributed by atoms with Crippen molar-refractivity contribution in [2.24, 2.45) is 10.8 Å². The quantitative estimate of drug-likeness (QED) is 0.0167. The number of hydrogen-bond acceptors (Lipinski definition) is 29. The van der Waals surface area contributed by atoms with Crippen LogP contribution in [-0.2, 0) is 71.3 Å². The van der Waals surface area contributed by atoms with Gasteiger partial charge in [0.15, 0.2) is 31.1 Å². The Labute approximate surface area is 415 Å². The largest absolute Gasteiger partial charge is 0.477 e. The Balaban J connectivity index is 1.50. The van der Waals surface area contributed by atoms with Crippen LogP contribution >= 0.6 is 0 Å². The Morgan fingerprint density at radius 2 is 1.27 bits per heavy atom. The van der Waals surface area contributed by atoms with Crippen LogP contribution in [0.4, 0.5) is 0 Å². The molecule has 5 saturated heterocycles. The third-order valence-electron chi connectivity index (χ3n) is 12.9. The third kappa shape index (κ3) is 14.2. The first-order chi connectivity index (χ1) is 34.4. The van der Waals surface area contributed by atoms with Gasteiger partial charge in [0, 0.05) is 50.7 Å². The van der Waals surface area contributed by atoms with Gasteiger partial charge in [-0.15, -0.1) is 0 Å². The molecule has 32 heteroatoms. The molecule has 0 aromatic heterocycles. The van der Waals surface area contributed by atoms with Crippen molar-refractivity contribution in [1.29, 1.82) is 0 Å². The molecule has 14 N–H and O–H groups in total. The normalized spacial score (nSPS) is 41.6. The molecule has 5 heterocycles. The van der Waals surface area contributed by atoms with E-state index in [4.69, 9.17) is 57.8 Å². The van der Waals surface area contributed by atoms with E-state index >= 15 is 0 Å². The second kappa shape index (κ2) is 26.4. The second-order valence-electron chi connectivity index (χ2n) is 18.3. The topological polar surface area (TPSA) is 491 Å². The van der Waals surface area contributed by atoms with Gasteiger partial charge in [-0.05, 0) is 25.4 Å². The number of carbonyl (C=O) groups is 4. The number of aliphatic hydroxyl groups is 11. The Morgan fingerprint density at radius 3 is 1.84 bits per heavy atom. The van der Waals surface area contributed by atoms with Crippen LogP contribution < -0.4 is 5.73 Å². The first-order valence-electron chi connectivity index (χ1n) is 23.1. The third-order valence-corrected chi connectivity index (χ3v) is 12.9. The number of ether oxygens (including phenoxy) is 11. The van der Waals surface area contributed by atoms with Gasteiger partial charge < -0.3 is 119 Å². The smallest absolute Gasteiger partial charge is 0.364 e. The number of piperidine rings is 1. The molecule has 0 aromatic rings. The lowest BCUT2D eigenvalue weighted by Gasteiger charge is -2.51. The van der Waals surface area contributed by atoms with Crippen molar-refractivity contribution >= 4 is 23.9 Å². The van der Waals surface area contributed by atoms with Crippen molar-refractivity contribution < 1.29 is 133 Å². The first kappa shape index (κ1) is 60.2. The fourth-order valence-corrected chi connectivity index (χ4v) is 9.22. The van der Waals surface area contributed by atoms with Gasteiger partial charge in [-0.3, -0.25) is 19.3 Å². The van der Waals surface area contributed by atoms with Gasteiger partial charge in [-0.2, -0.15) is 0 Å². The van der Waals surface area contributed by atoms with E-state index in [1.165, 1.54) is 0 Å². The molecule has 0 bridgehead atoms. The van der Waals surface area contributed by atoms with E-state index in [0.717, 1.165) is 20.8 Å².